The molecule has 0 aliphatic heterocycles. The number of rotatable bonds is 6. The SMILES string of the molecule is CCN(CC)C(=O)NCCC(O)C(=O)O. The van der Waals surface area contributed by atoms with Gasteiger partial charge in [-0.15, -0.1) is 0 Å². The van der Waals surface area contributed by atoms with Gasteiger partial charge in [0.25, 0.3) is 0 Å². The van der Waals surface area contributed by atoms with Gasteiger partial charge in [0.1, 0.15) is 0 Å². The summed E-state index contributed by atoms with van der Waals surface area (Å²) in [7, 11) is 0. The number of nitrogens with zero attached hydrogens (tertiary/aromatic N) is 1. The predicted molar refractivity (Wildman–Crippen MR) is 54.6 cm³/mol. The summed E-state index contributed by atoms with van der Waals surface area (Å²) in [6.45, 7) is 5.07. The van der Waals surface area contributed by atoms with E-state index in [-0.39, 0.29) is 19.0 Å². The molecule has 0 aliphatic rings. The fraction of sp³-hybridized carbons (Fsp3) is 0.778. The van der Waals surface area contributed by atoms with Gasteiger partial charge in [0, 0.05) is 26.1 Å². The van der Waals surface area contributed by atoms with Crippen LogP contribution in [0.2, 0.25) is 0 Å². The first-order chi connectivity index (χ1) is 7.02. The zero-order valence-electron chi connectivity index (χ0n) is 9.06. The van der Waals surface area contributed by atoms with Crippen LogP contribution in [0.15, 0.2) is 0 Å². The van der Waals surface area contributed by atoms with Gasteiger partial charge in [-0.1, -0.05) is 0 Å². The standard InChI is InChI=1S/C9H18N2O4/c1-3-11(4-2)9(15)10-6-5-7(12)8(13)14/h7,12H,3-6H2,1-2H3,(H,10,15)(H,13,14). The van der Waals surface area contributed by atoms with E-state index in [1.54, 1.807) is 4.90 Å². The molecule has 3 N–H and O–H groups in total. The van der Waals surface area contributed by atoms with Crippen molar-refractivity contribution in [1.82, 2.24) is 10.2 Å². The van der Waals surface area contributed by atoms with Crippen molar-refractivity contribution in [2.75, 3.05) is 19.6 Å². The first kappa shape index (κ1) is 13.7. The van der Waals surface area contributed by atoms with E-state index in [0.29, 0.717) is 13.1 Å². The summed E-state index contributed by atoms with van der Waals surface area (Å²) in [6, 6.07) is -0.238. The van der Waals surface area contributed by atoms with E-state index in [4.69, 9.17) is 10.2 Å². The van der Waals surface area contributed by atoms with Crippen LogP contribution in [0.5, 0.6) is 0 Å². The van der Waals surface area contributed by atoms with E-state index in [1.807, 2.05) is 13.8 Å². The monoisotopic (exact) mass is 218 g/mol. The van der Waals surface area contributed by atoms with Crippen molar-refractivity contribution >= 4 is 12.0 Å². The summed E-state index contributed by atoms with van der Waals surface area (Å²) in [4.78, 5) is 23.2. The quantitative estimate of drug-likeness (QED) is 0.579. The molecule has 15 heavy (non-hydrogen) atoms. The van der Waals surface area contributed by atoms with Crippen molar-refractivity contribution in [2.24, 2.45) is 0 Å². The Morgan fingerprint density at radius 3 is 2.27 bits per heavy atom. The molecule has 88 valence electrons. The lowest BCUT2D eigenvalue weighted by Crippen LogP contribution is -2.41. The summed E-state index contributed by atoms with van der Waals surface area (Å²) in [5, 5.41) is 19.8. The topological polar surface area (TPSA) is 89.9 Å². The van der Waals surface area contributed by atoms with E-state index in [1.165, 1.54) is 0 Å². The van der Waals surface area contributed by atoms with Gasteiger partial charge in [0.05, 0.1) is 0 Å². The summed E-state index contributed by atoms with van der Waals surface area (Å²) in [5.41, 5.74) is 0. The normalized spacial score (nSPS) is 11.9. The van der Waals surface area contributed by atoms with E-state index in [0.717, 1.165) is 0 Å². The maximum absolute atomic E-state index is 11.3. The molecule has 0 aliphatic carbocycles. The van der Waals surface area contributed by atoms with Gasteiger partial charge in [-0.3, -0.25) is 0 Å². The number of hydrogen-bond donors (Lipinski definition) is 3. The fourth-order valence-electron chi connectivity index (χ4n) is 1.06. The molecule has 0 aromatic rings. The molecule has 0 heterocycles. The van der Waals surface area contributed by atoms with Crippen molar-refractivity contribution in [3.8, 4) is 0 Å². The second-order valence-corrected chi connectivity index (χ2v) is 3.05. The largest absolute Gasteiger partial charge is 0.479 e. The van der Waals surface area contributed by atoms with Crippen molar-refractivity contribution in [3.63, 3.8) is 0 Å². The molecule has 0 rings (SSSR count). The van der Waals surface area contributed by atoms with Gasteiger partial charge >= 0.3 is 12.0 Å². The molecule has 0 saturated heterocycles. The lowest BCUT2D eigenvalue weighted by Gasteiger charge is -2.19. The Balaban J connectivity index is 3.76. The third kappa shape index (κ3) is 5.21. The van der Waals surface area contributed by atoms with Gasteiger partial charge in [-0.25, -0.2) is 9.59 Å². The number of nitrogens with one attached hydrogen (secondary N) is 1. The molecular formula is C9H18N2O4. The minimum atomic E-state index is -1.41. The molecule has 0 aromatic carbocycles. The van der Waals surface area contributed by atoms with Crippen LogP contribution in [-0.4, -0.2) is 52.9 Å². The van der Waals surface area contributed by atoms with E-state index >= 15 is 0 Å². The van der Waals surface area contributed by atoms with Crippen LogP contribution in [0.1, 0.15) is 20.3 Å². The number of aliphatic hydroxyl groups excluding tert-OH is 1. The summed E-state index contributed by atoms with van der Waals surface area (Å²) < 4.78 is 0. The third-order valence-corrected chi connectivity index (χ3v) is 2.03. The first-order valence-corrected chi connectivity index (χ1v) is 4.96. The number of aliphatic carboxylic acids is 1. The molecule has 6 nitrogen and oxygen atoms in total. The lowest BCUT2D eigenvalue weighted by atomic mass is 10.2. The first-order valence-electron chi connectivity index (χ1n) is 4.96. The molecule has 0 radical (unpaired) electrons. The summed E-state index contributed by atoms with van der Waals surface area (Å²) in [6.07, 6.45) is -1.40. The minimum Gasteiger partial charge on any atom is -0.479 e. The highest BCUT2D eigenvalue weighted by Crippen LogP contribution is 1.92. The Morgan fingerprint density at radius 2 is 1.87 bits per heavy atom. The summed E-state index contributed by atoms with van der Waals surface area (Å²) in [5.74, 6) is -1.27. The molecule has 2 amide bonds. The van der Waals surface area contributed by atoms with Crippen molar-refractivity contribution in [3.05, 3.63) is 0 Å². The van der Waals surface area contributed by atoms with E-state index in [9.17, 15) is 9.59 Å². The third-order valence-electron chi connectivity index (χ3n) is 2.03. The van der Waals surface area contributed by atoms with Crippen molar-refractivity contribution < 1.29 is 19.8 Å². The molecule has 1 atom stereocenters. The Kier molecular flexibility index (Phi) is 6.44. The fourth-order valence-corrected chi connectivity index (χ4v) is 1.06. The van der Waals surface area contributed by atoms with Gasteiger partial charge in [0.15, 0.2) is 6.10 Å². The number of hydrogen-bond acceptors (Lipinski definition) is 3. The number of carboxylic acid groups (broad SMARTS) is 1. The smallest absolute Gasteiger partial charge is 0.332 e. The Labute approximate surface area is 88.9 Å². The average molecular weight is 218 g/mol. The van der Waals surface area contributed by atoms with Gasteiger partial charge < -0.3 is 20.4 Å². The van der Waals surface area contributed by atoms with Gasteiger partial charge in [-0.2, -0.15) is 0 Å². The zero-order valence-corrected chi connectivity index (χ0v) is 9.06. The van der Waals surface area contributed by atoms with Gasteiger partial charge in [-0.05, 0) is 13.8 Å². The number of amides is 2. The number of carboxylic acids is 1. The number of urea groups is 1. The maximum atomic E-state index is 11.3. The molecule has 0 spiro atoms. The van der Waals surface area contributed by atoms with Crippen LogP contribution in [0.4, 0.5) is 4.79 Å². The van der Waals surface area contributed by atoms with Crippen LogP contribution in [-0.2, 0) is 4.79 Å². The Morgan fingerprint density at radius 1 is 1.33 bits per heavy atom. The highest BCUT2D eigenvalue weighted by Gasteiger charge is 2.14. The molecule has 0 saturated carbocycles. The average Bonchev–Trinajstić information content (AvgIpc) is 2.19. The maximum Gasteiger partial charge on any atom is 0.332 e. The van der Waals surface area contributed by atoms with Crippen LogP contribution < -0.4 is 5.32 Å². The highest BCUT2D eigenvalue weighted by atomic mass is 16.4. The van der Waals surface area contributed by atoms with E-state index in [2.05, 4.69) is 5.32 Å². The second kappa shape index (κ2) is 7.05. The van der Waals surface area contributed by atoms with Crippen molar-refractivity contribution in [2.45, 2.75) is 26.4 Å². The number of carbonyl (C=O) groups excluding carboxylic acids is 1. The molecule has 0 bridgehead atoms. The van der Waals surface area contributed by atoms with Crippen molar-refractivity contribution in [1.29, 1.82) is 0 Å². The second-order valence-electron chi connectivity index (χ2n) is 3.05. The predicted octanol–water partition coefficient (Wildman–Crippen LogP) is -0.127. The molecule has 0 aromatic heterocycles. The van der Waals surface area contributed by atoms with Crippen LogP contribution in [0.3, 0.4) is 0 Å². The van der Waals surface area contributed by atoms with Crippen LogP contribution in [0.25, 0.3) is 0 Å². The van der Waals surface area contributed by atoms with Crippen LogP contribution in [0, 0.1) is 0 Å². The van der Waals surface area contributed by atoms with Gasteiger partial charge in [0.2, 0.25) is 0 Å². The van der Waals surface area contributed by atoms with Crippen LogP contribution >= 0.6 is 0 Å². The Hall–Kier alpha value is -1.30. The number of aliphatic hydroxyl groups is 1. The Bertz CT molecular complexity index is 216. The molecule has 0 fully saturated rings. The highest BCUT2D eigenvalue weighted by molar-refractivity contribution is 5.74. The summed E-state index contributed by atoms with van der Waals surface area (Å²) >= 11 is 0. The molecular weight excluding hydrogens is 200 g/mol. The molecule has 1 unspecified atom stereocenters. The lowest BCUT2D eigenvalue weighted by molar-refractivity contribution is -0.146. The number of carbonyl (C=O) groups is 2. The zero-order chi connectivity index (χ0) is 11.8. The minimum absolute atomic E-state index is 0.0162. The molecule has 6 heteroatoms. The van der Waals surface area contributed by atoms with E-state index < -0.39 is 12.1 Å².